The first-order valence-corrected chi connectivity index (χ1v) is 6.68. The molecule has 0 saturated carbocycles. The summed E-state index contributed by atoms with van der Waals surface area (Å²) in [5.41, 5.74) is 4.01. The molecule has 6 heteroatoms. The number of nitrogens with two attached hydrogens (primary N) is 1. The van der Waals surface area contributed by atoms with Crippen molar-refractivity contribution in [3.63, 3.8) is 0 Å². The van der Waals surface area contributed by atoms with Gasteiger partial charge in [0.25, 0.3) is 0 Å². The fourth-order valence-electron chi connectivity index (χ4n) is 1.45. The SMILES string of the molecule is NNC(=Nc1cc(Br)ccc1Cl)Nc1ccccc1. The Morgan fingerprint density at radius 1 is 1.16 bits per heavy atom. The van der Waals surface area contributed by atoms with Gasteiger partial charge < -0.3 is 5.32 Å². The molecule has 0 saturated heterocycles. The molecular formula is C13H12BrClN4. The molecule has 0 aliphatic carbocycles. The van der Waals surface area contributed by atoms with E-state index in [1.54, 1.807) is 6.07 Å². The summed E-state index contributed by atoms with van der Waals surface area (Å²) in [4.78, 5) is 4.34. The third-order valence-corrected chi connectivity index (χ3v) is 3.13. The van der Waals surface area contributed by atoms with Gasteiger partial charge in [0.15, 0.2) is 0 Å². The molecule has 0 aliphatic rings. The van der Waals surface area contributed by atoms with Gasteiger partial charge in [0.2, 0.25) is 5.96 Å². The smallest absolute Gasteiger partial charge is 0.215 e. The zero-order chi connectivity index (χ0) is 13.7. The molecule has 4 nitrogen and oxygen atoms in total. The molecule has 2 aromatic carbocycles. The van der Waals surface area contributed by atoms with Gasteiger partial charge in [-0.1, -0.05) is 45.7 Å². The van der Waals surface area contributed by atoms with Crippen molar-refractivity contribution in [3.05, 3.63) is 58.0 Å². The number of nitrogens with one attached hydrogen (secondary N) is 2. The van der Waals surface area contributed by atoms with Crippen molar-refractivity contribution in [1.82, 2.24) is 5.43 Å². The third-order valence-electron chi connectivity index (χ3n) is 2.31. The standard InChI is InChI=1S/C13H12BrClN4/c14-9-6-7-11(15)12(8-9)18-13(19-16)17-10-4-2-1-3-5-10/h1-8H,16H2,(H2,17,18,19). The first-order chi connectivity index (χ1) is 9.19. The van der Waals surface area contributed by atoms with E-state index in [2.05, 4.69) is 31.7 Å². The molecule has 0 heterocycles. The second-order valence-electron chi connectivity index (χ2n) is 3.69. The van der Waals surface area contributed by atoms with Crippen LogP contribution in [0.25, 0.3) is 0 Å². The second-order valence-corrected chi connectivity index (χ2v) is 5.01. The van der Waals surface area contributed by atoms with Gasteiger partial charge in [0, 0.05) is 10.2 Å². The Morgan fingerprint density at radius 2 is 1.89 bits per heavy atom. The van der Waals surface area contributed by atoms with Crippen molar-refractivity contribution < 1.29 is 0 Å². The fourth-order valence-corrected chi connectivity index (χ4v) is 1.96. The average Bonchev–Trinajstić information content (AvgIpc) is 2.43. The number of hydrogen-bond acceptors (Lipinski definition) is 2. The molecule has 0 atom stereocenters. The Balaban J connectivity index is 2.26. The lowest BCUT2D eigenvalue weighted by Gasteiger charge is -2.09. The molecule has 2 aromatic rings. The zero-order valence-corrected chi connectivity index (χ0v) is 12.2. The van der Waals surface area contributed by atoms with Crippen LogP contribution in [-0.2, 0) is 0 Å². The summed E-state index contributed by atoms with van der Waals surface area (Å²) in [5, 5.41) is 3.61. The predicted octanol–water partition coefficient (Wildman–Crippen LogP) is 3.67. The highest BCUT2D eigenvalue weighted by molar-refractivity contribution is 9.10. The number of halogens is 2. The van der Waals surface area contributed by atoms with Gasteiger partial charge in [0.05, 0.1) is 10.7 Å². The van der Waals surface area contributed by atoms with E-state index in [1.807, 2.05) is 42.5 Å². The highest BCUT2D eigenvalue weighted by Gasteiger charge is 2.03. The molecule has 0 aliphatic heterocycles. The highest BCUT2D eigenvalue weighted by Crippen LogP contribution is 2.28. The van der Waals surface area contributed by atoms with Gasteiger partial charge in [-0.25, -0.2) is 10.8 Å². The van der Waals surface area contributed by atoms with Gasteiger partial charge in [-0.15, -0.1) is 0 Å². The van der Waals surface area contributed by atoms with Crippen LogP contribution in [0.1, 0.15) is 0 Å². The molecule has 2 rings (SSSR count). The average molecular weight is 340 g/mol. The monoisotopic (exact) mass is 338 g/mol. The topological polar surface area (TPSA) is 62.4 Å². The fraction of sp³-hybridized carbons (Fsp3) is 0. The molecule has 4 N–H and O–H groups in total. The molecule has 0 spiro atoms. The first kappa shape index (κ1) is 13.9. The van der Waals surface area contributed by atoms with Crippen molar-refractivity contribution in [1.29, 1.82) is 0 Å². The van der Waals surface area contributed by atoms with Crippen molar-refractivity contribution >= 4 is 44.9 Å². The van der Waals surface area contributed by atoms with E-state index in [0.29, 0.717) is 16.7 Å². The summed E-state index contributed by atoms with van der Waals surface area (Å²) < 4.78 is 0.895. The van der Waals surface area contributed by atoms with Crippen LogP contribution in [0.4, 0.5) is 11.4 Å². The number of benzene rings is 2. The number of hydrazine groups is 1. The minimum atomic E-state index is 0.409. The maximum absolute atomic E-state index is 6.08. The Kier molecular flexibility index (Phi) is 4.79. The van der Waals surface area contributed by atoms with Gasteiger partial charge >= 0.3 is 0 Å². The highest BCUT2D eigenvalue weighted by atomic mass is 79.9. The molecule has 19 heavy (non-hydrogen) atoms. The Morgan fingerprint density at radius 3 is 2.58 bits per heavy atom. The lowest BCUT2D eigenvalue weighted by molar-refractivity contribution is 1.02. The Bertz CT molecular complexity index is 586. The van der Waals surface area contributed by atoms with Gasteiger partial charge in [0.1, 0.15) is 0 Å². The van der Waals surface area contributed by atoms with Crippen LogP contribution < -0.4 is 16.6 Å². The molecule has 0 amide bonds. The summed E-state index contributed by atoms with van der Waals surface area (Å²) >= 11 is 9.45. The van der Waals surface area contributed by atoms with E-state index in [4.69, 9.17) is 17.4 Å². The first-order valence-electron chi connectivity index (χ1n) is 5.51. The van der Waals surface area contributed by atoms with E-state index < -0.39 is 0 Å². The number of guanidine groups is 1. The van der Waals surface area contributed by atoms with Crippen LogP contribution in [0.15, 0.2) is 58.0 Å². The maximum atomic E-state index is 6.08. The molecule has 0 radical (unpaired) electrons. The summed E-state index contributed by atoms with van der Waals surface area (Å²) in [6.07, 6.45) is 0. The molecular weight excluding hydrogens is 328 g/mol. The number of para-hydroxylation sites is 1. The largest absolute Gasteiger partial charge is 0.325 e. The number of aliphatic imine (C=N–C) groups is 1. The second kappa shape index (κ2) is 6.56. The molecule has 0 unspecified atom stereocenters. The van der Waals surface area contributed by atoms with Gasteiger partial charge in [-0.3, -0.25) is 5.43 Å². The summed E-state index contributed by atoms with van der Waals surface area (Å²) in [7, 11) is 0. The minimum Gasteiger partial charge on any atom is -0.325 e. The quantitative estimate of drug-likeness (QED) is 0.339. The van der Waals surface area contributed by atoms with Crippen LogP contribution in [-0.4, -0.2) is 5.96 Å². The zero-order valence-electron chi connectivity index (χ0n) is 9.90. The molecule has 0 bridgehead atoms. The third kappa shape index (κ3) is 3.96. The Labute approximate surface area is 124 Å². The number of nitrogens with zero attached hydrogens (tertiary/aromatic N) is 1. The van der Waals surface area contributed by atoms with E-state index in [-0.39, 0.29) is 0 Å². The Hall–Kier alpha value is -1.56. The predicted molar refractivity (Wildman–Crippen MR) is 83.6 cm³/mol. The van der Waals surface area contributed by atoms with Gasteiger partial charge in [-0.05, 0) is 30.3 Å². The van der Waals surface area contributed by atoms with Crippen molar-refractivity contribution in [3.8, 4) is 0 Å². The number of rotatable bonds is 2. The molecule has 0 fully saturated rings. The summed E-state index contributed by atoms with van der Waals surface area (Å²) in [6.45, 7) is 0. The van der Waals surface area contributed by atoms with Crippen molar-refractivity contribution in [2.75, 3.05) is 5.32 Å². The normalized spacial score (nSPS) is 11.2. The minimum absolute atomic E-state index is 0.409. The van der Waals surface area contributed by atoms with Gasteiger partial charge in [-0.2, -0.15) is 0 Å². The molecule has 0 aromatic heterocycles. The van der Waals surface area contributed by atoms with Crippen LogP contribution in [0.5, 0.6) is 0 Å². The molecule has 98 valence electrons. The number of anilines is 1. The summed E-state index contributed by atoms with van der Waals surface area (Å²) in [5.74, 6) is 5.87. The summed E-state index contributed by atoms with van der Waals surface area (Å²) in [6, 6.07) is 15.0. The lowest BCUT2D eigenvalue weighted by atomic mass is 10.3. The van der Waals surface area contributed by atoms with Crippen molar-refractivity contribution in [2.24, 2.45) is 10.8 Å². The maximum Gasteiger partial charge on any atom is 0.215 e. The van der Waals surface area contributed by atoms with E-state index >= 15 is 0 Å². The van der Waals surface area contributed by atoms with E-state index in [1.165, 1.54) is 0 Å². The van der Waals surface area contributed by atoms with E-state index in [9.17, 15) is 0 Å². The number of hydrogen-bond donors (Lipinski definition) is 3. The van der Waals surface area contributed by atoms with Crippen LogP contribution in [0, 0.1) is 0 Å². The van der Waals surface area contributed by atoms with Crippen LogP contribution in [0.3, 0.4) is 0 Å². The van der Waals surface area contributed by atoms with E-state index in [0.717, 1.165) is 10.2 Å². The van der Waals surface area contributed by atoms with Crippen LogP contribution >= 0.6 is 27.5 Å². The van der Waals surface area contributed by atoms with Crippen LogP contribution in [0.2, 0.25) is 5.02 Å². The lowest BCUT2D eigenvalue weighted by Crippen LogP contribution is -2.35. The van der Waals surface area contributed by atoms with Crippen molar-refractivity contribution in [2.45, 2.75) is 0 Å².